The molecule has 1 aromatic carbocycles. The van der Waals surface area contributed by atoms with Gasteiger partial charge >= 0.3 is 5.97 Å². The van der Waals surface area contributed by atoms with Crippen molar-refractivity contribution in [2.24, 2.45) is 5.92 Å². The lowest BCUT2D eigenvalue weighted by molar-refractivity contribution is -0.153. The number of benzene rings is 1. The first kappa shape index (κ1) is 16.1. The Morgan fingerprint density at radius 1 is 1.36 bits per heavy atom. The molecule has 2 rings (SSSR count). The van der Waals surface area contributed by atoms with E-state index in [4.69, 9.17) is 4.74 Å². The first-order chi connectivity index (χ1) is 10.5. The van der Waals surface area contributed by atoms with Gasteiger partial charge in [-0.3, -0.25) is 9.59 Å². The summed E-state index contributed by atoms with van der Waals surface area (Å²) in [5.41, 5.74) is -0.547. The normalized spacial score (nSPS) is 18.0. The van der Waals surface area contributed by atoms with Crippen molar-refractivity contribution in [2.75, 3.05) is 5.32 Å². The van der Waals surface area contributed by atoms with Gasteiger partial charge in [-0.1, -0.05) is 18.2 Å². The Morgan fingerprint density at radius 2 is 2.05 bits per heavy atom. The predicted octanol–water partition coefficient (Wildman–Crippen LogP) is 3.19. The molecule has 1 N–H and O–H groups in total. The van der Waals surface area contributed by atoms with Crippen molar-refractivity contribution in [1.29, 1.82) is 0 Å². The van der Waals surface area contributed by atoms with Crippen LogP contribution in [-0.4, -0.2) is 18.0 Å². The summed E-state index contributed by atoms with van der Waals surface area (Å²) in [6.07, 6.45) is 4.83. The molecular formula is C16H17F2NO3. The molecule has 1 aliphatic rings. The molecule has 0 unspecified atom stereocenters. The van der Waals surface area contributed by atoms with Gasteiger partial charge in [0.05, 0.1) is 6.42 Å². The Kier molecular flexibility index (Phi) is 5.25. The van der Waals surface area contributed by atoms with Crippen LogP contribution in [0.15, 0.2) is 30.4 Å². The van der Waals surface area contributed by atoms with Gasteiger partial charge in [0, 0.05) is 0 Å². The van der Waals surface area contributed by atoms with E-state index < -0.39 is 35.3 Å². The number of carbonyl (C=O) groups excluding carboxylic acids is 2. The molecule has 0 saturated carbocycles. The molecule has 0 heterocycles. The number of para-hydroxylation sites is 1. The molecule has 0 spiro atoms. The number of ether oxygens (including phenoxy) is 1. The molecule has 0 aliphatic heterocycles. The lowest BCUT2D eigenvalue weighted by Gasteiger charge is -2.15. The fourth-order valence-corrected chi connectivity index (χ4v) is 2.22. The third-order valence-corrected chi connectivity index (χ3v) is 3.43. The highest BCUT2D eigenvalue weighted by atomic mass is 19.1. The number of hydrogen-bond donors (Lipinski definition) is 1. The van der Waals surface area contributed by atoms with Gasteiger partial charge < -0.3 is 10.1 Å². The molecular weight excluding hydrogens is 292 g/mol. The highest BCUT2D eigenvalue weighted by Gasteiger charge is 2.22. The lowest BCUT2D eigenvalue weighted by Crippen LogP contribution is -2.31. The maximum absolute atomic E-state index is 13.4. The van der Waals surface area contributed by atoms with E-state index in [1.165, 1.54) is 13.0 Å². The minimum atomic E-state index is -1.13. The van der Waals surface area contributed by atoms with Crippen molar-refractivity contribution in [1.82, 2.24) is 0 Å². The molecule has 22 heavy (non-hydrogen) atoms. The Morgan fingerprint density at radius 3 is 2.64 bits per heavy atom. The van der Waals surface area contributed by atoms with Crippen LogP contribution in [0.3, 0.4) is 0 Å². The van der Waals surface area contributed by atoms with Crippen molar-refractivity contribution in [2.45, 2.75) is 32.3 Å². The third-order valence-electron chi connectivity index (χ3n) is 3.43. The van der Waals surface area contributed by atoms with E-state index >= 15 is 0 Å². The van der Waals surface area contributed by atoms with Crippen LogP contribution in [0.4, 0.5) is 14.5 Å². The van der Waals surface area contributed by atoms with E-state index in [-0.39, 0.29) is 12.3 Å². The van der Waals surface area contributed by atoms with Gasteiger partial charge in [-0.05, 0) is 37.8 Å². The van der Waals surface area contributed by atoms with Crippen LogP contribution in [-0.2, 0) is 14.3 Å². The monoisotopic (exact) mass is 309 g/mol. The highest BCUT2D eigenvalue weighted by Crippen LogP contribution is 2.21. The SMILES string of the molecule is C[C@H](OC(=O)C[C@@H]1C=CCC1)C(=O)Nc1c(F)cccc1F. The Balaban J connectivity index is 1.89. The van der Waals surface area contributed by atoms with Crippen LogP contribution in [0, 0.1) is 17.6 Å². The number of halogens is 2. The highest BCUT2D eigenvalue weighted by molar-refractivity contribution is 5.95. The molecule has 1 aromatic rings. The van der Waals surface area contributed by atoms with E-state index in [9.17, 15) is 18.4 Å². The molecule has 0 bridgehead atoms. The number of anilines is 1. The van der Waals surface area contributed by atoms with Gasteiger partial charge in [0.1, 0.15) is 17.3 Å². The predicted molar refractivity (Wildman–Crippen MR) is 77.0 cm³/mol. The minimum absolute atomic E-state index is 0.131. The molecule has 6 heteroatoms. The van der Waals surface area contributed by atoms with Crippen molar-refractivity contribution in [3.63, 3.8) is 0 Å². The fourth-order valence-electron chi connectivity index (χ4n) is 2.22. The van der Waals surface area contributed by atoms with Gasteiger partial charge in [0.15, 0.2) is 6.10 Å². The van der Waals surface area contributed by atoms with E-state index in [2.05, 4.69) is 5.32 Å². The van der Waals surface area contributed by atoms with Crippen molar-refractivity contribution in [3.8, 4) is 0 Å². The lowest BCUT2D eigenvalue weighted by atomic mass is 10.1. The first-order valence-corrected chi connectivity index (χ1v) is 7.08. The minimum Gasteiger partial charge on any atom is -0.453 e. The largest absolute Gasteiger partial charge is 0.453 e. The average Bonchev–Trinajstić information content (AvgIpc) is 2.95. The molecule has 0 aromatic heterocycles. The molecule has 4 nitrogen and oxygen atoms in total. The number of rotatable bonds is 5. The van der Waals surface area contributed by atoms with Crippen LogP contribution in [0.25, 0.3) is 0 Å². The van der Waals surface area contributed by atoms with E-state index in [0.717, 1.165) is 25.0 Å². The number of esters is 1. The van der Waals surface area contributed by atoms with E-state index in [1.54, 1.807) is 0 Å². The van der Waals surface area contributed by atoms with Crippen LogP contribution in [0.2, 0.25) is 0 Å². The molecule has 0 fully saturated rings. The average molecular weight is 309 g/mol. The van der Waals surface area contributed by atoms with E-state index in [1.807, 2.05) is 12.2 Å². The molecule has 0 saturated heterocycles. The number of amides is 1. The van der Waals surface area contributed by atoms with Crippen LogP contribution in [0.5, 0.6) is 0 Å². The Hall–Kier alpha value is -2.24. The second-order valence-corrected chi connectivity index (χ2v) is 5.19. The zero-order chi connectivity index (χ0) is 16.1. The summed E-state index contributed by atoms with van der Waals surface area (Å²) in [6.45, 7) is 1.36. The second-order valence-electron chi connectivity index (χ2n) is 5.19. The number of allylic oxidation sites excluding steroid dienone is 2. The van der Waals surface area contributed by atoms with Crippen molar-refractivity contribution < 1.29 is 23.1 Å². The zero-order valence-electron chi connectivity index (χ0n) is 12.1. The third kappa shape index (κ3) is 4.13. The van der Waals surface area contributed by atoms with Gasteiger partial charge in [-0.15, -0.1) is 0 Å². The van der Waals surface area contributed by atoms with Crippen LogP contribution in [0.1, 0.15) is 26.2 Å². The summed E-state index contributed by atoms with van der Waals surface area (Å²) in [4.78, 5) is 23.6. The van der Waals surface area contributed by atoms with Gasteiger partial charge in [-0.2, -0.15) is 0 Å². The summed E-state index contributed by atoms with van der Waals surface area (Å²) < 4.78 is 31.9. The van der Waals surface area contributed by atoms with Crippen LogP contribution >= 0.6 is 0 Å². The first-order valence-electron chi connectivity index (χ1n) is 7.08. The maximum atomic E-state index is 13.4. The van der Waals surface area contributed by atoms with Gasteiger partial charge in [-0.25, -0.2) is 8.78 Å². The van der Waals surface area contributed by atoms with Crippen molar-refractivity contribution in [3.05, 3.63) is 42.0 Å². The summed E-state index contributed by atoms with van der Waals surface area (Å²) in [5, 5.41) is 2.10. The molecule has 118 valence electrons. The Labute approximate surface area is 127 Å². The van der Waals surface area contributed by atoms with Crippen molar-refractivity contribution >= 4 is 17.6 Å². The second kappa shape index (κ2) is 7.15. The molecule has 1 amide bonds. The quantitative estimate of drug-likeness (QED) is 0.671. The summed E-state index contributed by atoms with van der Waals surface area (Å²) in [5.74, 6) is -2.93. The molecule has 2 atom stereocenters. The van der Waals surface area contributed by atoms with E-state index in [0.29, 0.717) is 0 Å². The maximum Gasteiger partial charge on any atom is 0.307 e. The topological polar surface area (TPSA) is 55.4 Å². The summed E-state index contributed by atoms with van der Waals surface area (Å²) in [6, 6.07) is 3.25. The van der Waals surface area contributed by atoms with Gasteiger partial charge in [0.2, 0.25) is 0 Å². The Bertz CT molecular complexity index is 581. The standard InChI is InChI=1S/C16H17F2NO3/c1-10(22-14(20)9-11-5-2-3-6-11)16(21)19-15-12(17)7-4-8-13(15)18/h2,4-5,7-8,10-11H,3,6,9H2,1H3,(H,19,21)/t10-,11+/m0/s1. The van der Waals surface area contributed by atoms with Gasteiger partial charge in [0.25, 0.3) is 5.91 Å². The summed E-state index contributed by atoms with van der Waals surface area (Å²) in [7, 11) is 0. The summed E-state index contributed by atoms with van der Waals surface area (Å²) >= 11 is 0. The fraction of sp³-hybridized carbons (Fsp3) is 0.375. The molecule has 0 radical (unpaired) electrons. The number of carbonyl (C=O) groups is 2. The molecule has 1 aliphatic carbocycles. The number of nitrogens with one attached hydrogen (secondary N) is 1. The van der Waals surface area contributed by atoms with Crippen LogP contribution < -0.4 is 5.32 Å². The zero-order valence-corrected chi connectivity index (χ0v) is 12.1. The number of hydrogen-bond acceptors (Lipinski definition) is 3. The smallest absolute Gasteiger partial charge is 0.307 e.